The fraction of sp³-hybridized carbons (Fsp3) is 0.615. The van der Waals surface area contributed by atoms with Gasteiger partial charge in [-0.2, -0.15) is 0 Å². The fourth-order valence-corrected chi connectivity index (χ4v) is 1.69. The van der Waals surface area contributed by atoms with Crippen LogP contribution in [0.1, 0.15) is 37.4 Å². The molecule has 1 aromatic heterocycles. The highest BCUT2D eigenvalue weighted by Crippen LogP contribution is 2.10. The molecule has 5 nitrogen and oxygen atoms in total. The summed E-state index contributed by atoms with van der Waals surface area (Å²) in [5, 5.41) is 0. The number of rotatable bonds is 7. The normalized spacial score (nSPS) is 10.4. The Kier molecular flexibility index (Phi) is 6.28. The first-order valence-electron chi connectivity index (χ1n) is 6.40. The average molecular weight is 251 g/mol. The van der Waals surface area contributed by atoms with Gasteiger partial charge in [0.1, 0.15) is 5.82 Å². The molecule has 100 valence electrons. The van der Waals surface area contributed by atoms with Crippen LogP contribution < -0.4 is 5.73 Å². The van der Waals surface area contributed by atoms with Gasteiger partial charge in [-0.25, -0.2) is 9.97 Å². The second kappa shape index (κ2) is 7.76. The monoisotopic (exact) mass is 251 g/mol. The summed E-state index contributed by atoms with van der Waals surface area (Å²) in [5.74, 6) is 0.633. The van der Waals surface area contributed by atoms with Crippen molar-refractivity contribution in [3.63, 3.8) is 0 Å². The van der Waals surface area contributed by atoms with Gasteiger partial charge >= 0.3 is 5.97 Å². The molecule has 0 amide bonds. The van der Waals surface area contributed by atoms with E-state index in [-0.39, 0.29) is 5.97 Å². The van der Waals surface area contributed by atoms with Crippen LogP contribution in [0.4, 0.5) is 0 Å². The molecule has 0 atom stereocenters. The number of carbonyl (C=O) groups excluding carboxylic acids is 1. The van der Waals surface area contributed by atoms with Gasteiger partial charge in [0, 0.05) is 31.2 Å². The van der Waals surface area contributed by atoms with Crippen LogP contribution in [0, 0.1) is 0 Å². The number of ether oxygens (including phenoxy) is 1. The van der Waals surface area contributed by atoms with Gasteiger partial charge in [0.25, 0.3) is 0 Å². The lowest BCUT2D eigenvalue weighted by molar-refractivity contribution is -0.143. The SMILES string of the molecule is CCOC(=O)CCc1cnc(CC)nc1CCN. The van der Waals surface area contributed by atoms with Crippen molar-refractivity contribution in [2.75, 3.05) is 13.2 Å². The van der Waals surface area contributed by atoms with Crippen molar-refractivity contribution in [2.45, 2.75) is 39.5 Å². The van der Waals surface area contributed by atoms with Gasteiger partial charge in [-0.3, -0.25) is 4.79 Å². The van der Waals surface area contributed by atoms with Crippen LogP contribution in [-0.2, 0) is 28.8 Å². The highest BCUT2D eigenvalue weighted by molar-refractivity contribution is 5.69. The summed E-state index contributed by atoms with van der Waals surface area (Å²) in [6.45, 7) is 4.78. The van der Waals surface area contributed by atoms with Crippen molar-refractivity contribution in [3.05, 3.63) is 23.3 Å². The topological polar surface area (TPSA) is 78.1 Å². The second-order valence-electron chi connectivity index (χ2n) is 3.96. The number of hydrogen-bond acceptors (Lipinski definition) is 5. The van der Waals surface area contributed by atoms with Crippen molar-refractivity contribution in [1.82, 2.24) is 9.97 Å². The number of nitrogens with zero attached hydrogens (tertiary/aromatic N) is 2. The molecular weight excluding hydrogens is 230 g/mol. The van der Waals surface area contributed by atoms with Gasteiger partial charge in [0.05, 0.1) is 6.61 Å². The number of nitrogens with two attached hydrogens (primary N) is 1. The number of esters is 1. The van der Waals surface area contributed by atoms with Gasteiger partial charge in [0.15, 0.2) is 0 Å². The molecular formula is C13H21N3O2. The summed E-state index contributed by atoms with van der Waals surface area (Å²) in [5.41, 5.74) is 7.52. The maximum Gasteiger partial charge on any atom is 0.306 e. The zero-order valence-electron chi connectivity index (χ0n) is 11.1. The lowest BCUT2D eigenvalue weighted by atomic mass is 10.1. The van der Waals surface area contributed by atoms with E-state index in [2.05, 4.69) is 9.97 Å². The first-order chi connectivity index (χ1) is 8.71. The van der Waals surface area contributed by atoms with Crippen LogP contribution in [0.3, 0.4) is 0 Å². The van der Waals surface area contributed by atoms with E-state index in [0.29, 0.717) is 32.4 Å². The van der Waals surface area contributed by atoms with Crippen molar-refractivity contribution >= 4 is 5.97 Å². The molecule has 2 N–H and O–H groups in total. The summed E-state index contributed by atoms with van der Waals surface area (Å²) in [6.07, 6.45) is 4.29. The summed E-state index contributed by atoms with van der Waals surface area (Å²) in [6, 6.07) is 0. The highest BCUT2D eigenvalue weighted by Gasteiger charge is 2.09. The van der Waals surface area contributed by atoms with Gasteiger partial charge in [-0.1, -0.05) is 6.92 Å². The van der Waals surface area contributed by atoms with E-state index < -0.39 is 0 Å². The lowest BCUT2D eigenvalue weighted by Crippen LogP contribution is -2.12. The number of carbonyl (C=O) groups is 1. The molecule has 18 heavy (non-hydrogen) atoms. The van der Waals surface area contributed by atoms with Crippen LogP contribution in [-0.4, -0.2) is 29.1 Å². The first kappa shape index (κ1) is 14.6. The van der Waals surface area contributed by atoms with Crippen LogP contribution in [0.2, 0.25) is 0 Å². The molecule has 0 aromatic carbocycles. The molecule has 0 aliphatic carbocycles. The zero-order valence-corrected chi connectivity index (χ0v) is 11.1. The number of hydrogen-bond donors (Lipinski definition) is 1. The van der Waals surface area contributed by atoms with Crippen LogP contribution in [0.5, 0.6) is 0 Å². The van der Waals surface area contributed by atoms with Crippen LogP contribution in [0.25, 0.3) is 0 Å². The number of aromatic nitrogens is 2. The Hall–Kier alpha value is -1.49. The molecule has 0 bridgehead atoms. The minimum Gasteiger partial charge on any atom is -0.466 e. The van der Waals surface area contributed by atoms with E-state index >= 15 is 0 Å². The summed E-state index contributed by atoms with van der Waals surface area (Å²) < 4.78 is 4.90. The highest BCUT2D eigenvalue weighted by atomic mass is 16.5. The van der Waals surface area contributed by atoms with Gasteiger partial charge in [0.2, 0.25) is 0 Å². The molecule has 0 radical (unpaired) electrons. The summed E-state index contributed by atoms with van der Waals surface area (Å²) in [4.78, 5) is 20.0. The minimum absolute atomic E-state index is 0.184. The molecule has 1 rings (SSSR count). The average Bonchev–Trinajstić information content (AvgIpc) is 2.38. The molecule has 5 heteroatoms. The van der Waals surface area contributed by atoms with E-state index in [1.54, 1.807) is 13.1 Å². The molecule has 0 aliphatic heterocycles. The van der Waals surface area contributed by atoms with E-state index in [1.807, 2.05) is 6.92 Å². The van der Waals surface area contributed by atoms with E-state index in [1.165, 1.54) is 0 Å². The van der Waals surface area contributed by atoms with Crippen molar-refractivity contribution < 1.29 is 9.53 Å². The molecule has 1 aromatic rings. The lowest BCUT2D eigenvalue weighted by Gasteiger charge is -2.08. The Labute approximate surface area is 108 Å². The maximum absolute atomic E-state index is 11.3. The van der Waals surface area contributed by atoms with Crippen molar-refractivity contribution in [1.29, 1.82) is 0 Å². The van der Waals surface area contributed by atoms with Gasteiger partial charge in [-0.05, 0) is 25.5 Å². The Balaban J connectivity index is 2.71. The molecule has 1 heterocycles. The van der Waals surface area contributed by atoms with E-state index in [9.17, 15) is 4.79 Å². The first-order valence-corrected chi connectivity index (χ1v) is 6.40. The predicted octanol–water partition coefficient (Wildman–Crippen LogP) is 1.04. The smallest absolute Gasteiger partial charge is 0.306 e. The quantitative estimate of drug-likeness (QED) is 0.732. The van der Waals surface area contributed by atoms with E-state index in [0.717, 1.165) is 23.5 Å². The van der Waals surface area contributed by atoms with Crippen molar-refractivity contribution in [3.8, 4) is 0 Å². The van der Waals surface area contributed by atoms with Crippen LogP contribution in [0.15, 0.2) is 6.20 Å². The second-order valence-corrected chi connectivity index (χ2v) is 3.96. The van der Waals surface area contributed by atoms with E-state index in [4.69, 9.17) is 10.5 Å². The fourth-order valence-electron chi connectivity index (χ4n) is 1.69. The molecule has 0 fully saturated rings. The third-order valence-corrected chi connectivity index (χ3v) is 2.61. The Morgan fingerprint density at radius 3 is 2.78 bits per heavy atom. The Morgan fingerprint density at radius 2 is 2.17 bits per heavy atom. The molecule has 0 saturated heterocycles. The predicted molar refractivity (Wildman–Crippen MR) is 69.1 cm³/mol. The van der Waals surface area contributed by atoms with Gasteiger partial charge < -0.3 is 10.5 Å². The molecule has 0 aliphatic rings. The summed E-state index contributed by atoms with van der Waals surface area (Å²) in [7, 11) is 0. The third-order valence-electron chi connectivity index (χ3n) is 2.61. The Bertz CT molecular complexity index is 394. The zero-order chi connectivity index (χ0) is 13.4. The molecule has 0 unspecified atom stereocenters. The van der Waals surface area contributed by atoms with Gasteiger partial charge in [-0.15, -0.1) is 0 Å². The molecule has 0 spiro atoms. The molecule has 0 saturated carbocycles. The van der Waals surface area contributed by atoms with Crippen LogP contribution >= 0.6 is 0 Å². The van der Waals surface area contributed by atoms with Crippen molar-refractivity contribution in [2.24, 2.45) is 5.73 Å². The largest absolute Gasteiger partial charge is 0.466 e. The minimum atomic E-state index is -0.184. The maximum atomic E-state index is 11.3. The third kappa shape index (κ3) is 4.41. The number of aryl methyl sites for hydroxylation is 2. The summed E-state index contributed by atoms with van der Waals surface area (Å²) >= 11 is 0. The standard InChI is InChI=1S/C13H21N3O2/c1-3-12-15-9-10(11(16-12)7-8-14)5-6-13(17)18-4-2/h9H,3-8,14H2,1-2H3. The Morgan fingerprint density at radius 1 is 1.39 bits per heavy atom.